The average Bonchev–Trinajstić information content (AvgIpc) is 3.91. The molecule has 3 aliphatic carbocycles. The first-order valence-corrected chi connectivity index (χ1v) is 21.8. The second-order valence-electron chi connectivity index (χ2n) is 16.9. The van der Waals surface area contributed by atoms with Crippen LogP contribution < -0.4 is 9.47 Å². The summed E-state index contributed by atoms with van der Waals surface area (Å²) in [6.07, 6.45) is 15.8. The van der Waals surface area contributed by atoms with Gasteiger partial charge in [-0.15, -0.1) is 6.58 Å². The molecule has 0 spiro atoms. The molecule has 2 heterocycles. The van der Waals surface area contributed by atoms with E-state index in [1.54, 1.807) is 6.08 Å². The molecule has 0 bridgehead atoms. The van der Waals surface area contributed by atoms with Gasteiger partial charge < -0.3 is 34.2 Å². The highest BCUT2D eigenvalue weighted by atomic mass is 16.7. The minimum absolute atomic E-state index is 0.0729. The first kappa shape index (κ1) is 41.5. The predicted molar refractivity (Wildman–Crippen MR) is 222 cm³/mol. The Morgan fingerprint density at radius 2 is 1.81 bits per heavy atom. The summed E-state index contributed by atoms with van der Waals surface area (Å²) in [5.74, 6) is 0.947. The molecule has 2 aromatic carbocycles. The Hall–Kier alpha value is -3.70. The number of nitrogens with zero attached hydrogens (tertiary/aromatic N) is 3. The number of hydrogen-bond acceptors (Lipinski definition) is 9. The van der Waals surface area contributed by atoms with Crippen molar-refractivity contribution in [2.45, 2.75) is 108 Å². The van der Waals surface area contributed by atoms with Crippen molar-refractivity contribution in [3.8, 4) is 11.5 Å². The highest BCUT2D eigenvalue weighted by Crippen LogP contribution is 2.62. The number of oxime groups is 1. The first-order chi connectivity index (χ1) is 28.0. The third kappa shape index (κ3) is 9.78. The largest absolute Gasteiger partial charge is 0.492 e. The van der Waals surface area contributed by atoms with E-state index in [4.69, 9.17) is 24.2 Å². The fourth-order valence-electron chi connectivity index (χ4n) is 10.1. The summed E-state index contributed by atoms with van der Waals surface area (Å²) >= 11 is 0. The molecule has 5 aliphatic rings. The second kappa shape index (κ2) is 19.8. The number of allylic oxidation sites excluding steroid dienone is 1. The highest BCUT2D eigenvalue weighted by Gasteiger charge is 2.65. The molecule has 2 N–H and O–H groups in total. The molecule has 310 valence electrons. The van der Waals surface area contributed by atoms with E-state index in [1.807, 2.05) is 54.4 Å². The lowest BCUT2D eigenvalue weighted by Crippen LogP contribution is -2.69. The Balaban J connectivity index is 1.34. The van der Waals surface area contributed by atoms with Crippen LogP contribution in [0.1, 0.15) is 101 Å². The third-order valence-electron chi connectivity index (χ3n) is 13.2. The van der Waals surface area contributed by atoms with Crippen LogP contribution >= 0.6 is 0 Å². The van der Waals surface area contributed by atoms with Crippen molar-refractivity contribution in [3.63, 3.8) is 0 Å². The van der Waals surface area contributed by atoms with Crippen LogP contribution in [0.5, 0.6) is 11.5 Å². The number of hydrogen-bond donors (Lipinski definition) is 2. The Morgan fingerprint density at radius 1 is 1.04 bits per heavy atom. The second-order valence-corrected chi connectivity index (χ2v) is 16.9. The van der Waals surface area contributed by atoms with Crippen LogP contribution in [0.15, 0.2) is 78.0 Å². The normalized spacial score (nSPS) is 27.2. The molecule has 1 saturated heterocycles. The maximum Gasteiger partial charge on any atom is 0.239 e. The summed E-state index contributed by atoms with van der Waals surface area (Å²) in [5.41, 5.74) is 3.97. The zero-order valence-electron chi connectivity index (χ0n) is 34.1. The van der Waals surface area contributed by atoms with Gasteiger partial charge in [-0.1, -0.05) is 86.2 Å². The molecule has 0 aromatic heterocycles. The SMILES string of the molecule is C=CCO[C@@]12Oc3ccc(OCCN4CC4)cc3[C@H]3[C@H](CCCCO)[C@@H](CCCCO)C=C(C(=NOCc4ccccc4)C[C@@H]1N(C)C(=O)CCC1CCCC1)[C@H]32. The van der Waals surface area contributed by atoms with E-state index >= 15 is 0 Å². The summed E-state index contributed by atoms with van der Waals surface area (Å²) in [7, 11) is 1.91. The fraction of sp³-hybridized carbons (Fsp3) is 0.617. The van der Waals surface area contributed by atoms with E-state index in [0.717, 1.165) is 98.5 Å². The lowest BCUT2D eigenvalue weighted by molar-refractivity contribution is -0.255. The molecule has 1 amide bonds. The number of carbonyl (C=O) groups is 1. The monoisotopic (exact) mass is 783 g/mol. The van der Waals surface area contributed by atoms with Gasteiger partial charge in [0, 0.05) is 64.2 Å². The number of fused-ring (bicyclic) bond motifs is 2. The topological polar surface area (TPSA) is 113 Å². The standard InChI is InChI=1S/C47H65N3O7/c1-3-28-55-47-43(49(2)44(53)22-19-34-13-7-8-14-34)32-41(48-56-33-35-15-5-4-6-16-35)39-30-36(17-9-11-26-51)38(18-10-12-27-52)45(46(39)47)40-31-37(20-21-42(40)57-47)54-29-25-50-23-24-50/h3-6,15-16,20-21,30-31,34,36,38,43,45-46,51-52H,1,7-14,17-19,22-29,32-33H2,2H3/t36-,38+,43-,45+,46+,47+/m0/s1. The van der Waals surface area contributed by atoms with Crippen LogP contribution in [-0.4, -0.2) is 96.6 Å². The smallest absolute Gasteiger partial charge is 0.239 e. The average molecular weight is 784 g/mol. The molecule has 57 heavy (non-hydrogen) atoms. The summed E-state index contributed by atoms with van der Waals surface area (Å²) in [5, 5.41) is 24.7. The first-order valence-electron chi connectivity index (χ1n) is 21.8. The minimum atomic E-state index is -1.24. The molecule has 10 heteroatoms. The zero-order chi connectivity index (χ0) is 39.6. The van der Waals surface area contributed by atoms with Crippen molar-refractivity contribution < 1.29 is 34.1 Å². The summed E-state index contributed by atoms with van der Waals surface area (Å²) < 4.78 is 20.8. The van der Waals surface area contributed by atoms with Crippen molar-refractivity contribution in [2.24, 2.45) is 28.8 Å². The number of rotatable bonds is 22. The van der Waals surface area contributed by atoms with Gasteiger partial charge >= 0.3 is 0 Å². The van der Waals surface area contributed by atoms with Gasteiger partial charge in [0.25, 0.3) is 0 Å². The van der Waals surface area contributed by atoms with Gasteiger partial charge in [0.1, 0.15) is 30.8 Å². The predicted octanol–water partition coefficient (Wildman–Crippen LogP) is 7.64. The van der Waals surface area contributed by atoms with E-state index in [9.17, 15) is 15.0 Å². The molecule has 6 atom stereocenters. The quantitative estimate of drug-likeness (QED) is 0.0543. The number of unbranched alkanes of at least 4 members (excludes halogenated alkanes) is 2. The molecule has 3 fully saturated rings. The molecule has 0 radical (unpaired) electrons. The summed E-state index contributed by atoms with van der Waals surface area (Å²) in [6, 6.07) is 15.8. The molecule has 2 saturated carbocycles. The zero-order valence-corrected chi connectivity index (χ0v) is 34.1. The molecule has 2 aromatic rings. The Kier molecular flexibility index (Phi) is 14.4. The van der Waals surface area contributed by atoms with E-state index in [0.29, 0.717) is 32.0 Å². The lowest BCUT2D eigenvalue weighted by Gasteiger charge is -2.59. The van der Waals surface area contributed by atoms with Crippen molar-refractivity contribution in [3.05, 3.63) is 84.0 Å². The summed E-state index contributed by atoms with van der Waals surface area (Å²) in [4.78, 5) is 24.8. The van der Waals surface area contributed by atoms with Gasteiger partial charge in [-0.05, 0) is 79.2 Å². The van der Waals surface area contributed by atoms with Crippen LogP contribution in [0.25, 0.3) is 0 Å². The number of carbonyl (C=O) groups excluding carboxylic acids is 1. The molecular formula is C47H65N3O7. The van der Waals surface area contributed by atoms with E-state index in [-0.39, 0.29) is 49.4 Å². The minimum Gasteiger partial charge on any atom is -0.492 e. The van der Waals surface area contributed by atoms with Gasteiger partial charge in [-0.25, -0.2) is 0 Å². The van der Waals surface area contributed by atoms with Gasteiger partial charge in [-0.3, -0.25) is 9.69 Å². The van der Waals surface area contributed by atoms with Crippen LogP contribution in [0, 0.1) is 23.7 Å². The van der Waals surface area contributed by atoms with Gasteiger partial charge in [0.2, 0.25) is 11.7 Å². The van der Waals surface area contributed by atoms with Crippen molar-refractivity contribution in [1.82, 2.24) is 9.80 Å². The van der Waals surface area contributed by atoms with Crippen molar-refractivity contribution in [2.75, 3.05) is 53.1 Å². The maximum absolute atomic E-state index is 14.4. The number of aliphatic hydroxyl groups is 2. The van der Waals surface area contributed by atoms with Crippen LogP contribution in [-0.2, 0) is 21.0 Å². The number of aliphatic hydroxyl groups excluding tert-OH is 2. The van der Waals surface area contributed by atoms with Crippen LogP contribution in [0.4, 0.5) is 0 Å². The van der Waals surface area contributed by atoms with E-state index in [1.165, 1.54) is 25.7 Å². The number of amides is 1. The molecular weight excluding hydrogens is 719 g/mol. The summed E-state index contributed by atoms with van der Waals surface area (Å²) in [6.45, 7) is 8.67. The fourth-order valence-corrected chi connectivity index (χ4v) is 10.1. The van der Waals surface area contributed by atoms with Gasteiger partial charge in [0.05, 0.1) is 18.2 Å². The Labute approximate surface area is 339 Å². The van der Waals surface area contributed by atoms with Gasteiger partial charge in [-0.2, -0.15) is 0 Å². The molecule has 10 nitrogen and oxygen atoms in total. The van der Waals surface area contributed by atoms with Crippen molar-refractivity contribution >= 4 is 11.6 Å². The Morgan fingerprint density at radius 3 is 2.54 bits per heavy atom. The number of ether oxygens (including phenoxy) is 3. The highest BCUT2D eigenvalue weighted by molar-refractivity contribution is 6.03. The lowest BCUT2D eigenvalue weighted by atomic mass is 9.55. The number of likely N-dealkylation sites (N-methyl/N-ethyl adjacent to an activating group) is 1. The molecule has 2 aliphatic heterocycles. The molecule has 7 rings (SSSR count). The van der Waals surface area contributed by atoms with Crippen molar-refractivity contribution in [1.29, 1.82) is 0 Å². The Bertz CT molecular complexity index is 1690. The van der Waals surface area contributed by atoms with E-state index in [2.05, 4.69) is 23.6 Å². The number of benzene rings is 2. The van der Waals surface area contributed by atoms with E-state index < -0.39 is 11.8 Å². The third-order valence-corrected chi connectivity index (χ3v) is 13.2. The van der Waals surface area contributed by atoms with Crippen LogP contribution in [0.3, 0.4) is 0 Å². The molecule has 0 unspecified atom stereocenters. The van der Waals surface area contributed by atoms with Gasteiger partial charge in [0.15, 0.2) is 0 Å². The van der Waals surface area contributed by atoms with Crippen LogP contribution in [0.2, 0.25) is 0 Å². The maximum atomic E-state index is 14.4.